The van der Waals surface area contributed by atoms with Gasteiger partial charge >= 0.3 is 6.18 Å². The van der Waals surface area contributed by atoms with Crippen LogP contribution in [0.1, 0.15) is 49.3 Å². The van der Waals surface area contributed by atoms with Gasteiger partial charge in [0.15, 0.2) is 5.96 Å². The molecule has 2 aliphatic rings. The Morgan fingerprint density at radius 1 is 1.19 bits per heavy atom. The quantitative estimate of drug-likeness (QED) is 0.419. The van der Waals surface area contributed by atoms with Crippen LogP contribution >= 0.6 is 0 Å². The molecule has 2 fully saturated rings. The molecule has 1 aliphatic heterocycles. The zero-order valence-electron chi connectivity index (χ0n) is 17.9. The number of carbonyl (C=O) groups excluding carboxylic acids is 1. The van der Waals surface area contributed by atoms with Crippen molar-refractivity contribution in [3.8, 4) is 0 Å². The van der Waals surface area contributed by atoms with Crippen molar-refractivity contribution < 1.29 is 22.7 Å². The number of morpholine rings is 1. The molecule has 6 nitrogen and oxygen atoms in total. The van der Waals surface area contributed by atoms with E-state index in [-0.39, 0.29) is 11.8 Å². The van der Waals surface area contributed by atoms with Gasteiger partial charge in [-0.1, -0.05) is 31.4 Å². The molecule has 31 heavy (non-hydrogen) atoms. The maximum absolute atomic E-state index is 13.0. The molecule has 0 spiro atoms. The van der Waals surface area contributed by atoms with Gasteiger partial charge in [-0.05, 0) is 30.5 Å². The Hall–Kier alpha value is -2.29. The van der Waals surface area contributed by atoms with Gasteiger partial charge in [-0.3, -0.25) is 9.79 Å². The van der Waals surface area contributed by atoms with Crippen molar-refractivity contribution in [1.82, 2.24) is 15.5 Å². The number of hydrogen-bond acceptors (Lipinski definition) is 3. The van der Waals surface area contributed by atoms with E-state index in [9.17, 15) is 18.0 Å². The van der Waals surface area contributed by atoms with Crippen molar-refractivity contribution in [1.29, 1.82) is 0 Å². The number of aliphatic imine (C=N–C) groups is 1. The molecule has 1 amide bonds. The first-order valence-electron chi connectivity index (χ1n) is 10.9. The first-order valence-corrected chi connectivity index (χ1v) is 10.9. The summed E-state index contributed by atoms with van der Waals surface area (Å²) < 4.78 is 44.8. The molecule has 3 rings (SSSR count). The molecule has 1 aromatic rings. The average molecular weight is 441 g/mol. The summed E-state index contributed by atoms with van der Waals surface area (Å²) in [5, 5.41) is 6.21. The second kappa shape index (κ2) is 10.8. The van der Waals surface area contributed by atoms with E-state index in [1.165, 1.54) is 12.5 Å². The topological polar surface area (TPSA) is 66.0 Å². The van der Waals surface area contributed by atoms with Gasteiger partial charge in [0.1, 0.15) is 6.10 Å². The Balaban J connectivity index is 1.50. The smallest absolute Gasteiger partial charge is 0.370 e. The van der Waals surface area contributed by atoms with Crippen LogP contribution in [-0.2, 0) is 15.7 Å². The zero-order chi connectivity index (χ0) is 22.3. The summed E-state index contributed by atoms with van der Waals surface area (Å²) in [6.45, 7) is 2.39. The summed E-state index contributed by atoms with van der Waals surface area (Å²) in [6.07, 6.45) is 0.519. The number of nitrogens with zero attached hydrogens (tertiary/aromatic N) is 2. The van der Waals surface area contributed by atoms with Crippen molar-refractivity contribution in [3.05, 3.63) is 35.4 Å². The fraction of sp³-hybridized carbons (Fsp3) is 0.636. The standard InChI is InChI=1S/C22H31F3N4O2/c1-26-21(28-11-10-27-20(30)16-6-3-2-4-7-16)29-12-13-31-19(15-29)17-8-5-9-18(14-17)22(23,24)25/h5,8-9,14,16,19H,2-4,6-7,10-13,15H2,1H3,(H,26,28)(H,27,30). The van der Waals surface area contributed by atoms with Crippen LogP contribution in [0.5, 0.6) is 0 Å². The molecule has 9 heteroatoms. The molecule has 172 valence electrons. The number of nitrogens with one attached hydrogen (secondary N) is 2. The van der Waals surface area contributed by atoms with Gasteiger partial charge in [0.25, 0.3) is 0 Å². The molecule has 1 saturated carbocycles. The van der Waals surface area contributed by atoms with Crippen LogP contribution < -0.4 is 10.6 Å². The van der Waals surface area contributed by atoms with Gasteiger partial charge in [-0.2, -0.15) is 13.2 Å². The summed E-state index contributed by atoms with van der Waals surface area (Å²) in [5.74, 6) is 0.889. The Labute approximate surface area is 181 Å². The number of rotatable bonds is 5. The average Bonchev–Trinajstić information content (AvgIpc) is 2.79. The van der Waals surface area contributed by atoms with Gasteiger partial charge in [0.05, 0.1) is 18.7 Å². The lowest BCUT2D eigenvalue weighted by Gasteiger charge is -2.35. The van der Waals surface area contributed by atoms with Crippen molar-refractivity contribution in [2.24, 2.45) is 10.9 Å². The molecule has 0 aromatic heterocycles. The highest BCUT2D eigenvalue weighted by atomic mass is 19.4. The van der Waals surface area contributed by atoms with Crippen LogP contribution in [0.2, 0.25) is 0 Å². The number of benzene rings is 1. The lowest BCUT2D eigenvalue weighted by molar-refractivity contribution is -0.137. The number of guanidine groups is 1. The second-order valence-electron chi connectivity index (χ2n) is 8.03. The van der Waals surface area contributed by atoms with Crippen LogP contribution in [0, 0.1) is 5.92 Å². The molecule has 1 aliphatic carbocycles. The molecule has 1 heterocycles. The van der Waals surface area contributed by atoms with Gasteiger partial charge in [-0.25, -0.2) is 0 Å². The second-order valence-corrected chi connectivity index (χ2v) is 8.03. The van der Waals surface area contributed by atoms with E-state index >= 15 is 0 Å². The first-order chi connectivity index (χ1) is 14.9. The maximum atomic E-state index is 13.0. The first kappa shape index (κ1) is 23.4. The largest absolute Gasteiger partial charge is 0.416 e. The Bertz CT molecular complexity index is 763. The number of hydrogen-bond donors (Lipinski definition) is 2. The van der Waals surface area contributed by atoms with Gasteiger partial charge < -0.3 is 20.3 Å². The maximum Gasteiger partial charge on any atom is 0.416 e. The van der Waals surface area contributed by atoms with Crippen LogP contribution in [-0.4, -0.2) is 56.6 Å². The van der Waals surface area contributed by atoms with E-state index in [0.29, 0.717) is 44.3 Å². The molecule has 0 radical (unpaired) electrons. The van der Waals surface area contributed by atoms with Gasteiger partial charge in [0.2, 0.25) is 5.91 Å². The fourth-order valence-corrected chi connectivity index (χ4v) is 4.16. The highest BCUT2D eigenvalue weighted by molar-refractivity contribution is 5.80. The van der Waals surface area contributed by atoms with E-state index in [1.807, 2.05) is 4.90 Å². The normalized spacial score (nSPS) is 21.1. The highest BCUT2D eigenvalue weighted by Crippen LogP contribution is 2.32. The summed E-state index contributed by atoms with van der Waals surface area (Å²) in [4.78, 5) is 18.5. The molecule has 1 aromatic carbocycles. The summed E-state index contributed by atoms with van der Waals surface area (Å²) in [7, 11) is 1.66. The Morgan fingerprint density at radius 3 is 2.65 bits per heavy atom. The Kier molecular flexibility index (Phi) is 8.17. The zero-order valence-corrected chi connectivity index (χ0v) is 17.9. The lowest BCUT2D eigenvalue weighted by atomic mass is 9.89. The molecule has 2 N–H and O–H groups in total. The lowest BCUT2D eigenvalue weighted by Crippen LogP contribution is -2.49. The summed E-state index contributed by atoms with van der Waals surface area (Å²) >= 11 is 0. The minimum absolute atomic E-state index is 0.118. The highest BCUT2D eigenvalue weighted by Gasteiger charge is 2.32. The van der Waals surface area contributed by atoms with Crippen molar-refractivity contribution in [2.45, 2.75) is 44.4 Å². The van der Waals surface area contributed by atoms with Crippen LogP contribution in [0.15, 0.2) is 29.3 Å². The van der Waals surface area contributed by atoms with Crippen molar-refractivity contribution >= 4 is 11.9 Å². The van der Waals surface area contributed by atoms with Gasteiger partial charge in [0, 0.05) is 32.6 Å². The monoisotopic (exact) mass is 440 g/mol. The minimum Gasteiger partial charge on any atom is -0.370 e. The third-order valence-electron chi connectivity index (χ3n) is 5.85. The fourth-order valence-electron chi connectivity index (χ4n) is 4.16. The van der Waals surface area contributed by atoms with Crippen LogP contribution in [0.3, 0.4) is 0 Å². The van der Waals surface area contributed by atoms with Crippen molar-refractivity contribution in [3.63, 3.8) is 0 Å². The predicted molar refractivity (Wildman–Crippen MR) is 113 cm³/mol. The molecule has 1 unspecified atom stereocenters. The third-order valence-corrected chi connectivity index (χ3v) is 5.85. The number of ether oxygens (including phenoxy) is 1. The van der Waals surface area contributed by atoms with E-state index in [0.717, 1.165) is 37.8 Å². The van der Waals surface area contributed by atoms with E-state index in [1.54, 1.807) is 13.1 Å². The summed E-state index contributed by atoms with van der Waals surface area (Å²) in [5.41, 5.74) is -0.184. The number of halogens is 3. The van der Waals surface area contributed by atoms with E-state index < -0.39 is 17.8 Å². The molecule has 0 bridgehead atoms. The van der Waals surface area contributed by atoms with Crippen LogP contribution in [0.4, 0.5) is 13.2 Å². The third kappa shape index (κ3) is 6.59. The van der Waals surface area contributed by atoms with E-state index in [4.69, 9.17) is 4.74 Å². The molecule has 1 atom stereocenters. The SMILES string of the molecule is CN=C(NCCNC(=O)C1CCCCC1)N1CCOC(c2cccc(C(F)(F)F)c2)C1. The molecular formula is C22H31F3N4O2. The predicted octanol–water partition coefficient (Wildman–Crippen LogP) is 3.35. The number of carbonyl (C=O) groups is 1. The van der Waals surface area contributed by atoms with Crippen molar-refractivity contribution in [2.75, 3.05) is 39.8 Å². The van der Waals surface area contributed by atoms with Gasteiger partial charge in [-0.15, -0.1) is 0 Å². The number of amides is 1. The Morgan fingerprint density at radius 2 is 1.94 bits per heavy atom. The summed E-state index contributed by atoms with van der Waals surface area (Å²) in [6, 6.07) is 5.26. The minimum atomic E-state index is -4.38. The van der Waals surface area contributed by atoms with E-state index in [2.05, 4.69) is 15.6 Å². The number of alkyl halides is 3. The molecular weight excluding hydrogens is 409 g/mol. The molecule has 1 saturated heterocycles. The van der Waals surface area contributed by atoms with Crippen LogP contribution in [0.25, 0.3) is 0 Å².